The van der Waals surface area contributed by atoms with Crippen molar-refractivity contribution in [1.82, 2.24) is 15.5 Å². The molecule has 2 aliphatic heterocycles. The van der Waals surface area contributed by atoms with E-state index in [4.69, 9.17) is 51.1 Å². The number of alkyl carbamates (subject to hydrolysis) is 1. The van der Waals surface area contributed by atoms with Gasteiger partial charge in [-0.25, -0.2) is 9.59 Å². The summed E-state index contributed by atoms with van der Waals surface area (Å²) >= 11 is 23.5. The number of β-lactam (4-membered cyclic amide) rings is 1. The SMILES string of the molecule is C/C(=C/Cl)C(NC(=O)OCC(Cl)(Cl)Cl)C(=O)N[C@H]1C(=O)N2[C@@H]1SC(C)(C)[C@@H]2C(=O)O. The number of fused-ring (bicyclic) bond motifs is 1. The summed E-state index contributed by atoms with van der Waals surface area (Å²) in [5, 5.41) is 13.7. The number of thioether (sulfide) groups is 1. The lowest BCUT2D eigenvalue weighted by Crippen LogP contribution is -2.71. The molecule has 0 bridgehead atoms. The molecular formula is C16H19Cl4N3O6S. The van der Waals surface area contributed by atoms with Gasteiger partial charge < -0.3 is 25.4 Å². The van der Waals surface area contributed by atoms with E-state index in [1.165, 1.54) is 23.6 Å². The molecule has 0 aromatic rings. The van der Waals surface area contributed by atoms with Crippen LogP contribution in [0.25, 0.3) is 0 Å². The minimum absolute atomic E-state index is 0.256. The third-order valence-corrected chi connectivity index (χ3v) is 6.73. The molecule has 9 nitrogen and oxygen atoms in total. The highest BCUT2D eigenvalue weighted by Crippen LogP contribution is 2.50. The van der Waals surface area contributed by atoms with E-state index in [1.807, 2.05) is 0 Å². The Balaban J connectivity index is 2.07. The Labute approximate surface area is 196 Å². The number of aliphatic carboxylic acids is 1. The van der Waals surface area contributed by atoms with Crippen LogP contribution in [0.4, 0.5) is 4.79 Å². The first-order valence-corrected chi connectivity index (χ1v) is 10.9. The van der Waals surface area contributed by atoms with Crippen LogP contribution in [0, 0.1) is 0 Å². The second-order valence-electron chi connectivity index (χ2n) is 7.21. The fraction of sp³-hybridized carbons (Fsp3) is 0.625. The van der Waals surface area contributed by atoms with Gasteiger partial charge in [-0.05, 0) is 26.3 Å². The normalized spacial score (nSPS) is 26.4. The molecule has 2 fully saturated rings. The first-order valence-electron chi connectivity index (χ1n) is 8.49. The second-order valence-corrected chi connectivity index (χ2v) is 11.7. The molecule has 2 aliphatic rings. The van der Waals surface area contributed by atoms with Crippen molar-refractivity contribution in [1.29, 1.82) is 0 Å². The fourth-order valence-corrected chi connectivity index (χ4v) is 5.05. The van der Waals surface area contributed by atoms with Crippen LogP contribution in [-0.2, 0) is 19.1 Å². The third-order valence-electron chi connectivity index (χ3n) is 4.49. The largest absolute Gasteiger partial charge is 0.480 e. The molecule has 30 heavy (non-hydrogen) atoms. The van der Waals surface area contributed by atoms with Crippen molar-refractivity contribution >= 4 is 82.0 Å². The summed E-state index contributed by atoms with van der Waals surface area (Å²) in [6.45, 7) is 4.36. The van der Waals surface area contributed by atoms with Crippen LogP contribution in [0.1, 0.15) is 20.8 Å². The van der Waals surface area contributed by atoms with Crippen molar-refractivity contribution in [3.63, 3.8) is 0 Å². The number of carbonyl (C=O) groups excluding carboxylic acids is 3. The fourth-order valence-electron chi connectivity index (χ4n) is 3.14. The van der Waals surface area contributed by atoms with Crippen molar-refractivity contribution in [2.24, 2.45) is 0 Å². The maximum Gasteiger partial charge on any atom is 0.408 e. The number of nitrogens with zero attached hydrogens (tertiary/aromatic N) is 1. The van der Waals surface area contributed by atoms with Crippen molar-refractivity contribution in [2.75, 3.05) is 6.61 Å². The average molecular weight is 523 g/mol. The first-order chi connectivity index (χ1) is 13.7. The van der Waals surface area contributed by atoms with Gasteiger partial charge in [0.25, 0.3) is 0 Å². The number of rotatable bonds is 6. The Kier molecular flexibility index (Phi) is 7.72. The lowest BCUT2D eigenvalue weighted by molar-refractivity contribution is -0.161. The average Bonchev–Trinajstić information content (AvgIpc) is 2.89. The quantitative estimate of drug-likeness (QED) is 0.360. The van der Waals surface area contributed by atoms with Crippen LogP contribution in [0.3, 0.4) is 0 Å². The zero-order chi connectivity index (χ0) is 23.0. The van der Waals surface area contributed by atoms with Crippen molar-refractivity contribution in [3.05, 3.63) is 11.1 Å². The van der Waals surface area contributed by atoms with Gasteiger partial charge in [-0.1, -0.05) is 46.4 Å². The van der Waals surface area contributed by atoms with Crippen molar-refractivity contribution < 1.29 is 29.0 Å². The highest BCUT2D eigenvalue weighted by molar-refractivity contribution is 8.01. The number of ether oxygens (including phenoxy) is 1. The molecule has 2 saturated heterocycles. The molecule has 14 heteroatoms. The predicted molar refractivity (Wildman–Crippen MR) is 114 cm³/mol. The summed E-state index contributed by atoms with van der Waals surface area (Å²) in [7, 11) is 0. The predicted octanol–water partition coefficient (Wildman–Crippen LogP) is 2.23. The standard InChI is InChI=1S/C16H19Cl4N3O6S/c1-6(4-17)7(22-14(28)29-5-16(18,19)20)10(24)21-8-11(25)23-9(13(26)27)15(2,3)30-12(8)23/h4,7-9,12H,5H2,1-3H3,(H,21,24)(H,22,28)(H,26,27)/b6-4-/t7?,8-,9-,12+/m0/s1. The number of alkyl halides is 3. The molecule has 3 amide bonds. The topological polar surface area (TPSA) is 125 Å². The number of carboxylic acids is 1. The van der Waals surface area contributed by atoms with Gasteiger partial charge in [0.1, 0.15) is 30.1 Å². The number of amides is 3. The molecule has 0 radical (unpaired) electrons. The molecular weight excluding hydrogens is 504 g/mol. The zero-order valence-corrected chi connectivity index (χ0v) is 19.8. The van der Waals surface area contributed by atoms with E-state index in [2.05, 4.69) is 10.6 Å². The van der Waals surface area contributed by atoms with E-state index in [9.17, 15) is 24.3 Å². The minimum atomic E-state index is -1.83. The molecule has 2 heterocycles. The van der Waals surface area contributed by atoms with Crippen molar-refractivity contribution in [3.8, 4) is 0 Å². The molecule has 168 valence electrons. The number of carbonyl (C=O) groups is 4. The van der Waals surface area contributed by atoms with Crippen LogP contribution in [0.2, 0.25) is 0 Å². The van der Waals surface area contributed by atoms with Gasteiger partial charge >= 0.3 is 12.1 Å². The third kappa shape index (κ3) is 5.40. The Morgan fingerprint density at radius 1 is 1.37 bits per heavy atom. The molecule has 0 aromatic carbocycles. The molecule has 0 saturated carbocycles. The maximum atomic E-state index is 12.7. The van der Waals surface area contributed by atoms with Gasteiger partial charge in [-0.3, -0.25) is 9.59 Å². The molecule has 2 rings (SSSR count). The van der Waals surface area contributed by atoms with Crippen LogP contribution < -0.4 is 10.6 Å². The Morgan fingerprint density at radius 2 is 1.97 bits per heavy atom. The number of hydrogen-bond donors (Lipinski definition) is 3. The van der Waals surface area contributed by atoms with Crippen molar-refractivity contribution in [2.45, 2.75) is 52.8 Å². The van der Waals surface area contributed by atoms with Crippen LogP contribution in [0.15, 0.2) is 11.1 Å². The van der Waals surface area contributed by atoms with Gasteiger partial charge in [0, 0.05) is 10.3 Å². The second kappa shape index (κ2) is 9.20. The smallest absolute Gasteiger partial charge is 0.408 e. The number of halogens is 4. The molecule has 3 N–H and O–H groups in total. The van der Waals surface area contributed by atoms with Crippen LogP contribution in [0.5, 0.6) is 0 Å². The van der Waals surface area contributed by atoms with Gasteiger partial charge in [-0.2, -0.15) is 0 Å². The van der Waals surface area contributed by atoms with Crippen LogP contribution in [-0.4, -0.2) is 72.5 Å². The number of hydrogen-bond acceptors (Lipinski definition) is 6. The lowest BCUT2D eigenvalue weighted by atomic mass is 9.95. The van der Waals surface area contributed by atoms with Crippen LogP contribution >= 0.6 is 58.2 Å². The molecule has 0 aromatic heterocycles. The van der Waals surface area contributed by atoms with E-state index in [-0.39, 0.29) is 5.57 Å². The Morgan fingerprint density at radius 3 is 2.47 bits per heavy atom. The van der Waals surface area contributed by atoms with E-state index in [1.54, 1.807) is 13.8 Å². The zero-order valence-electron chi connectivity index (χ0n) is 15.9. The Bertz CT molecular complexity index is 787. The number of nitrogens with one attached hydrogen (secondary N) is 2. The summed E-state index contributed by atoms with van der Waals surface area (Å²) in [4.78, 5) is 50.0. The molecule has 0 spiro atoms. The summed E-state index contributed by atoms with van der Waals surface area (Å²) in [5.74, 6) is -2.38. The summed E-state index contributed by atoms with van der Waals surface area (Å²) in [6.07, 6.45) is -1.04. The molecule has 0 aliphatic carbocycles. The summed E-state index contributed by atoms with van der Waals surface area (Å²) in [5.41, 5.74) is 1.34. The molecule has 4 atom stereocenters. The summed E-state index contributed by atoms with van der Waals surface area (Å²) in [6, 6.07) is -3.22. The van der Waals surface area contributed by atoms with E-state index >= 15 is 0 Å². The van der Waals surface area contributed by atoms with Gasteiger partial charge in [0.05, 0.1) is 0 Å². The van der Waals surface area contributed by atoms with E-state index in [0.29, 0.717) is 0 Å². The number of carboxylic acid groups (broad SMARTS) is 1. The first kappa shape index (κ1) is 25.2. The van der Waals surface area contributed by atoms with Gasteiger partial charge in [0.15, 0.2) is 0 Å². The van der Waals surface area contributed by atoms with E-state index in [0.717, 1.165) is 5.54 Å². The van der Waals surface area contributed by atoms with E-state index < -0.39 is 62.5 Å². The summed E-state index contributed by atoms with van der Waals surface area (Å²) < 4.78 is 2.17. The Hall–Kier alpha value is -1.07. The highest BCUT2D eigenvalue weighted by Gasteiger charge is 2.64. The van der Waals surface area contributed by atoms with Gasteiger partial charge in [0.2, 0.25) is 15.6 Å². The molecule has 1 unspecified atom stereocenters. The monoisotopic (exact) mass is 521 g/mol. The van der Waals surface area contributed by atoms with Gasteiger partial charge in [-0.15, -0.1) is 11.8 Å². The minimum Gasteiger partial charge on any atom is -0.480 e. The lowest BCUT2D eigenvalue weighted by Gasteiger charge is -2.44. The highest BCUT2D eigenvalue weighted by atomic mass is 35.6. The maximum absolute atomic E-state index is 12.7.